The van der Waals surface area contributed by atoms with Crippen LogP contribution in [0.3, 0.4) is 0 Å². The van der Waals surface area contributed by atoms with E-state index in [1.807, 2.05) is 12.1 Å². The molecule has 4 heterocycles. The summed E-state index contributed by atoms with van der Waals surface area (Å²) in [5.74, 6) is -1.04. The number of fused-ring (bicyclic) bond motifs is 3. The van der Waals surface area contributed by atoms with Crippen LogP contribution >= 0.6 is 23.2 Å². The normalized spacial score (nSPS) is 22.6. The second-order valence-electron chi connectivity index (χ2n) is 12.8. The first kappa shape index (κ1) is 32.0. The monoisotopic (exact) mass is 682 g/mol. The van der Waals surface area contributed by atoms with Gasteiger partial charge in [0.2, 0.25) is 0 Å². The first-order chi connectivity index (χ1) is 22.6. The first-order valence-electron chi connectivity index (χ1n) is 15.9. The molecule has 0 spiro atoms. The molecule has 7 rings (SSSR count). The molecule has 3 aromatic rings. The van der Waals surface area contributed by atoms with E-state index in [1.165, 1.54) is 18.1 Å². The fourth-order valence-corrected chi connectivity index (χ4v) is 8.14. The number of esters is 1. The number of carbonyl (C=O) groups excluding carboxylic acids is 2. The molecule has 2 unspecified atom stereocenters. The Hall–Kier alpha value is -3.57. The van der Waals surface area contributed by atoms with Gasteiger partial charge in [-0.05, 0) is 51.1 Å². The molecule has 0 aliphatic carbocycles. The highest BCUT2D eigenvalue weighted by Crippen LogP contribution is 2.43. The minimum absolute atomic E-state index is 0.0743. The van der Waals surface area contributed by atoms with Crippen LogP contribution in [0.2, 0.25) is 10.0 Å². The Balaban J connectivity index is 1.18. The smallest absolute Gasteiger partial charge is 0.340 e. The van der Waals surface area contributed by atoms with E-state index in [-0.39, 0.29) is 58.5 Å². The van der Waals surface area contributed by atoms with Crippen molar-refractivity contribution in [3.8, 4) is 16.9 Å². The van der Waals surface area contributed by atoms with E-state index in [2.05, 4.69) is 28.7 Å². The van der Waals surface area contributed by atoms with Gasteiger partial charge in [-0.25, -0.2) is 9.18 Å². The summed E-state index contributed by atoms with van der Waals surface area (Å²) < 4.78 is 32.9. The number of carbonyl (C=O) groups is 2. The minimum atomic E-state index is -0.597. The number of piperazine rings is 1. The fraction of sp³-hybridized carbons (Fsp3) is 0.429. The standard InChI is InChI=1S/C35H37Cl2FN4O5/c1-20-15-39(2)9-10-41(20)24-11-28(36)32(29(37)12-24)34(43)40-16-21-5-4-6-25(33(21)47-19-40)26-14-31(27(13-30(26)38)35(44)45-3)42-22-7-8-23(42)18-46-17-22/h4-6,11-14,20,22-23H,7-10,15-19H2,1-3H3/t20-,22?,23?/m1/s1. The zero-order valence-electron chi connectivity index (χ0n) is 26.6. The maximum Gasteiger partial charge on any atom is 0.340 e. The number of nitrogens with zero attached hydrogens (tertiary/aromatic N) is 4. The molecule has 4 aliphatic rings. The van der Waals surface area contributed by atoms with Gasteiger partial charge >= 0.3 is 5.97 Å². The highest BCUT2D eigenvalue weighted by molar-refractivity contribution is 6.40. The average Bonchev–Trinajstić information content (AvgIpc) is 3.30. The summed E-state index contributed by atoms with van der Waals surface area (Å²) in [6.45, 7) is 6.05. The Morgan fingerprint density at radius 1 is 1.00 bits per heavy atom. The van der Waals surface area contributed by atoms with Crippen molar-refractivity contribution < 1.29 is 28.2 Å². The SMILES string of the molecule is COC(=O)c1cc(F)c(-c2cccc3c2OCN(C(=O)c2c(Cl)cc(N4CCN(C)C[C@H]4C)cc2Cl)C3)cc1N1C2CCC1COC2. The molecule has 3 aromatic carbocycles. The highest BCUT2D eigenvalue weighted by atomic mass is 35.5. The lowest BCUT2D eigenvalue weighted by Gasteiger charge is -2.40. The van der Waals surface area contributed by atoms with Crippen LogP contribution in [0, 0.1) is 5.82 Å². The molecule has 0 N–H and O–H groups in total. The maximum absolute atomic E-state index is 15.9. The number of methoxy groups -OCH3 is 1. The van der Waals surface area contributed by atoms with E-state index in [4.69, 9.17) is 37.4 Å². The molecular weight excluding hydrogens is 646 g/mol. The third kappa shape index (κ3) is 5.79. The molecule has 3 saturated heterocycles. The lowest BCUT2D eigenvalue weighted by Crippen LogP contribution is -2.50. The summed E-state index contributed by atoms with van der Waals surface area (Å²) in [4.78, 5) is 34.9. The van der Waals surface area contributed by atoms with Gasteiger partial charge in [-0.1, -0.05) is 41.4 Å². The first-order valence-corrected chi connectivity index (χ1v) is 16.7. The Morgan fingerprint density at radius 2 is 1.72 bits per heavy atom. The molecule has 12 heteroatoms. The lowest BCUT2D eigenvalue weighted by atomic mass is 9.96. The largest absolute Gasteiger partial charge is 0.472 e. The molecule has 3 atom stereocenters. The summed E-state index contributed by atoms with van der Waals surface area (Å²) in [5, 5.41) is 0.557. The van der Waals surface area contributed by atoms with E-state index in [1.54, 1.807) is 24.3 Å². The predicted octanol–water partition coefficient (Wildman–Crippen LogP) is 6.09. The number of anilines is 2. The van der Waals surface area contributed by atoms with Crippen molar-refractivity contribution >= 4 is 46.5 Å². The van der Waals surface area contributed by atoms with Gasteiger partial charge < -0.3 is 33.8 Å². The predicted molar refractivity (Wildman–Crippen MR) is 179 cm³/mol. The molecular formula is C35H37Cl2FN4O5. The number of amides is 1. The molecule has 2 bridgehead atoms. The van der Waals surface area contributed by atoms with Crippen LogP contribution in [-0.2, 0) is 16.0 Å². The number of ether oxygens (including phenoxy) is 3. The van der Waals surface area contributed by atoms with E-state index in [9.17, 15) is 9.59 Å². The van der Waals surface area contributed by atoms with Gasteiger partial charge in [0.15, 0.2) is 6.73 Å². The molecule has 0 radical (unpaired) electrons. The molecule has 0 saturated carbocycles. The van der Waals surface area contributed by atoms with Gasteiger partial charge in [0.05, 0.1) is 65.8 Å². The maximum atomic E-state index is 15.9. The van der Waals surface area contributed by atoms with Gasteiger partial charge in [0, 0.05) is 48.1 Å². The molecule has 248 valence electrons. The van der Waals surface area contributed by atoms with Crippen molar-refractivity contribution in [2.75, 3.05) is 63.5 Å². The average molecular weight is 684 g/mol. The third-order valence-corrected chi connectivity index (χ3v) is 10.4. The van der Waals surface area contributed by atoms with Crippen molar-refractivity contribution in [1.29, 1.82) is 0 Å². The van der Waals surface area contributed by atoms with E-state index in [0.717, 1.165) is 38.2 Å². The quantitative estimate of drug-likeness (QED) is 0.300. The molecule has 47 heavy (non-hydrogen) atoms. The zero-order valence-corrected chi connectivity index (χ0v) is 28.1. The van der Waals surface area contributed by atoms with Crippen LogP contribution in [0.5, 0.6) is 5.75 Å². The minimum Gasteiger partial charge on any atom is -0.472 e. The number of rotatable bonds is 5. The third-order valence-electron chi connectivity index (χ3n) is 9.81. The van der Waals surface area contributed by atoms with Gasteiger partial charge in [-0.15, -0.1) is 0 Å². The summed E-state index contributed by atoms with van der Waals surface area (Å²) >= 11 is 13.4. The van der Waals surface area contributed by atoms with Gasteiger partial charge in [0.25, 0.3) is 5.91 Å². The molecule has 1 amide bonds. The van der Waals surface area contributed by atoms with Gasteiger partial charge in [-0.3, -0.25) is 4.79 Å². The second kappa shape index (κ2) is 12.8. The second-order valence-corrected chi connectivity index (χ2v) is 13.6. The number of likely N-dealkylation sites (N-methyl/N-ethyl adjacent to an activating group) is 1. The van der Waals surface area contributed by atoms with E-state index < -0.39 is 11.8 Å². The van der Waals surface area contributed by atoms with Crippen LogP contribution in [0.25, 0.3) is 11.1 Å². The number of para-hydroxylation sites is 1. The Kier molecular flexibility index (Phi) is 8.72. The van der Waals surface area contributed by atoms with Gasteiger partial charge in [0.1, 0.15) is 11.6 Å². The number of hydrogen-bond donors (Lipinski definition) is 0. The van der Waals surface area contributed by atoms with Crippen LogP contribution in [0.1, 0.15) is 46.0 Å². The number of benzene rings is 3. The van der Waals surface area contributed by atoms with Crippen molar-refractivity contribution in [3.63, 3.8) is 0 Å². The number of hydrogen-bond acceptors (Lipinski definition) is 8. The van der Waals surface area contributed by atoms with Crippen molar-refractivity contribution in [3.05, 3.63) is 75.0 Å². The lowest BCUT2D eigenvalue weighted by molar-refractivity contribution is 0.0515. The van der Waals surface area contributed by atoms with Crippen LogP contribution in [0.15, 0.2) is 42.5 Å². The summed E-state index contributed by atoms with van der Waals surface area (Å²) in [6.07, 6.45) is 1.86. The summed E-state index contributed by atoms with van der Waals surface area (Å²) in [6, 6.07) is 12.5. The van der Waals surface area contributed by atoms with Crippen molar-refractivity contribution in [2.45, 2.75) is 44.4 Å². The van der Waals surface area contributed by atoms with E-state index in [0.29, 0.717) is 41.3 Å². The van der Waals surface area contributed by atoms with Gasteiger partial charge in [-0.2, -0.15) is 0 Å². The molecule has 0 aromatic heterocycles. The molecule has 3 fully saturated rings. The summed E-state index contributed by atoms with van der Waals surface area (Å²) in [5.41, 5.74) is 3.44. The number of morpholine rings is 1. The van der Waals surface area contributed by atoms with Crippen molar-refractivity contribution in [1.82, 2.24) is 9.80 Å². The number of halogens is 3. The fourth-order valence-electron chi connectivity index (χ4n) is 7.50. The van der Waals surface area contributed by atoms with Crippen LogP contribution < -0.4 is 14.5 Å². The molecule has 9 nitrogen and oxygen atoms in total. The summed E-state index contributed by atoms with van der Waals surface area (Å²) in [7, 11) is 3.39. The van der Waals surface area contributed by atoms with Crippen LogP contribution in [0.4, 0.5) is 15.8 Å². The van der Waals surface area contributed by atoms with Crippen LogP contribution in [-0.4, -0.2) is 93.5 Å². The van der Waals surface area contributed by atoms with Crippen molar-refractivity contribution in [2.24, 2.45) is 0 Å². The zero-order chi connectivity index (χ0) is 33.0. The Labute approximate surface area is 283 Å². The topological polar surface area (TPSA) is 74.8 Å². The van der Waals surface area contributed by atoms with E-state index >= 15 is 4.39 Å². The Bertz CT molecular complexity index is 1700. The Morgan fingerprint density at radius 3 is 2.40 bits per heavy atom. The molecule has 4 aliphatic heterocycles. The highest BCUT2D eigenvalue weighted by Gasteiger charge is 2.40.